The summed E-state index contributed by atoms with van der Waals surface area (Å²) in [5.41, 5.74) is 2.31. The Labute approximate surface area is 74.0 Å². The molecule has 2 nitrogen and oxygen atoms in total. The number of anilines is 1. The topological polar surface area (TPSA) is 24.9 Å². The van der Waals surface area contributed by atoms with Crippen molar-refractivity contribution >= 4 is 5.69 Å². The second-order valence-corrected chi connectivity index (χ2v) is 3.53. The summed E-state index contributed by atoms with van der Waals surface area (Å²) in [5.74, 6) is 0.672. The molecule has 1 N–H and O–H groups in total. The molecule has 0 aromatic carbocycles. The van der Waals surface area contributed by atoms with E-state index >= 15 is 0 Å². The highest BCUT2D eigenvalue weighted by molar-refractivity contribution is 5.42. The molecule has 0 unspecified atom stereocenters. The summed E-state index contributed by atoms with van der Waals surface area (Å²) < 4.78 is 0. The van der Waals surface area contributed by atoms with E-state index in [2.05, 4.69) is 30.2 Å². The van der Waals surface area contributed by atoms with Crippen LogP contribution in [0.15, 0.2) is 18.5 Å². The second kappa shape index (κ2) is 4.10. The van der Waals surface area contributed by atoms with Gasteiger partial charge >= 0.3 is 0 Å². The lowest BCUT2D eigenvalue weighted by atomic mass is 10.2. The molecule has 1 aromatic rings. The molecule has 2 heteroatoms. The zero-order valence-corrected chi connectivity index (χ0v) is 7.96. The monoisotopic (exact) mass is 164 g/mol. The van der Waals surface area contributed by atoms with Crippen LogP contribution in [0.3, 0.4) is 0 Å². The van der Waals surface area contributed by atoms with Crippen LogP contribution in [0.5, 0.6) is 0 Å². The van der Waals surface area contributed by atoms with Crippen molar-refractivity contribution in [2.45, 2.75) is 20.8 Å². The van der Waals surface area contributed by atoms with Crippen molar-refractivity contribution in [1.82, 2.24) is 4.98 Å². The number of hydrogen-bond donors (Lipinski definition) is 1. The predicted octanol–water partition coefficient (Wildman–Crippen LogP) is 2.46. The van der Waals surface area contributed by atoms with Gasteiger partial charge in [-0.15, -0.1) is 0 Å². The third-order valence-corrected chi connectivity index (χ3v) is 1.59. The molecule has 0 saturated heterocycles. The van der Waals surface area contributed by atoms with Crippen molar-refractivity contribution in [3.8, 4) is 0 Å². The van der Waals surface area contributed by atoms with E-state index in [1.807, 2.05) is 19.3 Å². The standard InChI is InChI=1S/C10H16N2/c1-8(2)5-12-10-4-9(3)6-11-7-10/h4,6-8,12H,5H2,1-3H3. The van der Waals surface area contributed by atoms with Gasteiger partial charge in [0.15, 0.2) is 0 Å². The highest BCUT2D eigenvalue weighted by atomic mass is 14.9. The van der Waals surface area contributed by atoms with E-state index in [1.54, 1.807) is 0 Å². The van der Waals surface area contributed by atoms with Crippen molar-refractivity contribution in [1.29, 1.82) is 0 Å². The molecule has 0 bridgehead atoms. The van der Waals surface area contributed by atoms with Crippen LogP contribution < -0.4 is 5.32 Å². The molecule has 0 amide bonds. The highest BCUT2D eigenvalue weighted by Gasteiger charge is 1.94. The Bertz CT molecular complexity index is 243. The van der Waals surface area contributed by atoms with E-state index in [1.165, 1.54) is 5.56 Å². The Kier molecular flexibility index (Phi) is 3.09. The van der Waals surface area contributed by atoms with Crippen LogP contribution in [0, 0.1) is 12.8 Å². The van der Waals surface area contributed by atoms with Crippen molar-refractivity contribution in [2.24, 2.45) is 5.92 Å². The van der Waals surface area contributed by atoms with Crippen LogP contribution in [-0.2, 0) is 0 Å². The van der Waals surface area contributed by atoms with E-state index in [9.17, 15) is 0 Å². The Morgan fingerprint density at radius 2 is 2.17 bits per heavy atom. The van der Waals surface area contributed by atoms with Crippen molar-refractivity contribution in [3.63, 3.8) is 0 Å². The fourth-order valence-corrected chi connectivity index (χ4v) is 0.974. The minimum absolute atomic E-state index is 0.672. The van der Waals surface area contributed by atoms with Gasteiger partial charge in [0.25, 0.3) is 0 Å². The molecule has 1 rings (SSSR count). The highest BCUT2D eigenvalue weighted by Crippen LogP contribution is 2.07. The molecule has 0 saturated carbocycles. The maximum Gasteiger partial charge on any atom is 0.0529 e. The number of rotatable bonds is 3. The SMILES string of the molecule is Cc1cncc(NCC(C)C)c1. The minimum atomic E-state index is 0.672. The van der Waals surface area contributed by atoms with E-state index in [0.29, 0.717) is 5.92 Å². The fourth-order valence-electron chi connectivity index (χ4n) is 0.974. The summed E-state index contributed by atoms with van der Waals surface area (Å²) in [4.78, 5) is 4.10. The zero-order valence-electron chi connectivity index (χ0n) is 7.96. The van der Waals surface area contributed by atoms with Crippen molar-refractivity contribution in [3.05, 3.63) is 24.0 Å². The molecule has 0 aliphatic rings. The molecular formula is C10H16N2. The first kappa shape index (κ1) is 9.04. The summed E-state index contributed by atoms with van der Waals surface area (Å²) in [6.07, 6.45) is 3.72. The summed E-state index contributed by atoms with van der Waals surface area (Å²) in [5, 5.41) is 3.32. The molecule has 66 valence electrons. The molecule has 1 heterocycles. The van der Waals surface area contributed by atoms with Gasteiger partial charge in [0.2, 0.25) is 0 Å². The van der Waals surface area contributed by atoms with Gasteiger partial charge in [0.05, 0.1) is 5.69 Å². The first-order valence-electron chi connectivity index (χ1n) is 4.34. The Morgan fingerprint density at radius 3 is 2.75 bits per heavy atom. The third kappa shape index (κ3) is 2.91. The van der Waals surface area contributed by atoms with Gasteiger partial charge in [0, 0.05) is 18.9 Å². The average molecular weight is 164 g/mol. The molecule has 0 aliphatic carbocycles. The number of hydrogen-bond acceptors (Lipinski definition) is 2. The summed E-state index contributed by atoms with van der Waals surface area (Å²) in [7, 11) is 0. The van der Waals surface area contributed by atoms with E-state index < -0.39 is 0 Å². The van der Waals surface area contributed by atoms with Crippen molar-refractivity contribution in [2.75, 3.05) is 11.9 Å². The summed E-state index contributed by atoms with van der Waals surface area (Å²) >= 11 is 0. The van der Waals surface area contributed by atoms with Gasteiger partial charge in [-0.05, 0) is 24.5 Å². The van der Waals surface area contributed by atoms with Gasteiger partial charge in [-0.2, -0.15) is 0 Å². The number of aryl methyl sites for hydroxylation is 1. The predicted molar refractivity (Wildman–Crippen MR) is 52.3 cm³/mol. The van der Waals surface area contributed by atoms with Crippen molar-refractivity contribution < 1.29 is 0 Å². The van der Waals surface area contributed by atoms with Crippen LogP contribution in [0.4, 0.5) is 5.69 Å². The van der Waals surface area contributed by atoms with Crippen LogP contribution in [0.25, 0.3) is 0 Å². The average Bonchev–Trinajstić information content (AvgIpc) is 2.01. The van der Waals surface area contributed by atoms with E-state index in [4.69, 9.17) is 0 Å². The number of nitrogens with one attached hydrogen (secondary N) is 1. The largest absolute Gasteiger partial charge is 0.384 e. The van der Waals surface area contributed by atoms with Gasteiger partial charge in [0.1, 0.15) is 0 Å². The molecule has 0 spiro atoms. The lowest BCUT2D eigenvalue weighted by Crippen LogP contribution is -2.07. The molecule has 0 radical (unpaired) electrons. The van der Waals surface area contributed by atoms with Crippen LogP contribution in [0.1, 0.15) is 19.4 Å². The lowest BCUT2D eigenvalue weighted by molar-refractivity contribution is 0.688. The zero-order chi connectivity index (χ0) is 8.97. The maximum atomic E-state index is 4.10. The molecule has 1 aromatic heterocycles. The van der Waals surface area contributed by atoms with E-state index in [0.717, 1.165) is 12.2 Å². The van der Waals surface area contributed by atoms with Crippen LogP contribution in [0.2, 0.25) is 0 Å². The Morgan fingerprint density at radius 1 is 1.42 bits per heavy atom. The first-order valence-corrected chi connectivity index (χ1v) is 4.34. The number of pyridine rings is 1. The van der Waals surface area contributed by atoms with E-state index in [-0.39, 0.29) is 0 Å². The quantitative estimate of drug-likeness (QED) is 0.742. The second-order valence-electron chi connectivity index (χ2n) is 3.53. The summed E-state index contributed by atoms with van der Waals surface area (Å²) in [6, 6.07) is 2.11. The molecule has 12 heavy (non-hydrogen) atoms. The lowest BCUT2D eigenvalue weighted by Gasteiger charge is -2.08. The van der Waals surface area contributed by atoms with Gasteiger partial charge < -0.3 is 5.32 Å². The van der Waals surface area contributed by atoms with Gasteiger partial charge in [-0.3, -0.25) is 4.98 Å². The first-order chi connectivity index (χ1) is 5.68. The maximum absolute atomic E-state index is 4.10. The molecular weight excluding hydrogens is 148 g/mol. The van der Waals surface area contributed by atoms with Crippen LogP contribution >= 0.6 is 0 Å². The number of nitrogens with zero attached hydrogens (tertiary/aromatic N) is 1. The van der Waals surface area contributed by atoms with Gasteiger partial charge in [-0.25, -0.2) is 0 Å². The molecule has 0 fully saturated rings. The van der Waals surface area contributed by atoms with Gasteiger partial charge in [-0.1, -0.05) is 13.8 Å². The Hall–Kier alpha value is -1.05. The smallest absolute Gasteiger partial charge is 0.0529 e. The van der Waals surface area contributed by atoms with Crippen LogP contribution in [-0.4, -0.2) is 11.5 Å². The third-order valence-electron chi connectivity index (χ3n) is 1.59. The fraction of sp³-hybridized carbons (Fsp3) is 0.500. The summed E-state index contributed by atoms with van der Waals surface area (Å²) in [6.45, 7) is 7.44. The normalized spacial score (nSPS) is 10.3. The number of aromatic nitrogens is 1. The minimum Gasteiger partial charge on any atom is -0.384 e. The molecule has 0 aliphatic heterocycles. The molecule has 0 atom stereocenters. The Balaban J connectivity index is 2.52.